The van der Waals surface area contributed by atoms with E-state index in [1.165, 1.54) is 4.90 Å². The number of halogens is 2. The Hall–Kier alpha value is -3.22. The van der Waals surface area contributed by atoms with Crippen molar-refractivity contribution >= 4 is 35.0 Å². The summed E-state index contributed by atoms with van der Waals surface area (Å²) in [5.41, 5.74) is 1.68. The lowest BCUT2D eigenvalue weighted by molar-refractivity contribution is -0.143. The quantitative estimate of drug-likeness (QED) is 0.354. The van der Waals surface area contributed by atoms with Gasteiger partial charge in [-0.1, -0.05) is 59.6 Å². The maximum Gasteiger partial charge on any atom is 0.261 e. The summed E-state index contributed by atoms with van der Waals surface area (Å²) in [6.45, 7) is 3.68. The van der Waals surface area contributed by atoms with Crippen LogP contribution < -0.4 is 14.8 Å². The van der Waals surface area contributed by atoms with Crippen molar-refractivity contribution in [1.29, 1.82) is 0 Å². The zero-order chi connectivity index (χ0) is 26.1. The second-order valence-electron chi connectivity index (χ2n) is 8.60. The van der Waals surface area contributed by atoms with Gasteiger partial charge in [0.1, 0.15) is 17.5 Å². The third-order valence-corrected chi connectivity index (χ3v) is 6.20. The summed E-state index contributed by atoms with van der Waals surface area (Å²) in [5, 5.41) is 3.75. The zero-order valence-electron chi connectivity index (χ0n) is 20.5. The molecule has 1 N–H and O–H groups in total. The van der Waals surface area contributed by atoms with Gasteiger partial charge in [0.25, 0.3) is 5.91 Å². The van der Waals surface area contributed by atoms with E-state index in [1.54, 1.807) is 49.6 Å². The first-order valence-electron chi connectivity index (χ1n) is 11.6. The molecule has 0 heterocycles. The molecule has 1 atom stereocenters. The first kappa shape index (κ1) is 27.4. The summed E-state index contributed by atoms with van der Waals surface area (Å²) in [6, 6.07) is 20.9. The molecule has 8 heteroatoms. The van der Waals surface area contributed by atoms with Crippen LogP contribution in [0, 0.1) is 0 Å². The molecule has 0 aliphatic rings. The zero-order valence-corrected chi connectivity index (χ0v) is 22.1. The summed E-state index contributed by atoms with van der Waals surface area (Å²) >= 11 is 12.3. The van der Waals surface area contributed by atoms with E-state index < -0.39 is 6.04 Å². The van der Waals surface area contributed by atoms with Gasteiger partial charge >= 0.3 is 0 Å². The smallest absolute Gasteiger partial charge is 0.261 e. The molecule has 0 fully saturated rings. The summed E-state index contributed by atoms with van der Waals surface area (Å²) in [7, 11) is 1.58. The minimum atomic E-state index is -0.767. The molecule has 0 radical (unpaired) electrons. The van der Waals surface area contributed by atoms with Crippen molar-refractivity contribution in [2.45, 2.75) is 38.9 Å². The molecular formula is C28H30Cl2N2O4. The van der Waals surface area contributed by atoms with Crippen molar-refractivity contribution in [2.24, 2.45) is 0 Å². The lowest BCUT2D eigenvalue weighted by atomic mass is 10.0. The van der Waals surface area contributed by atoms with Gasteiger partial charge in [-0.15, -0.1) is 0 Å². The molecule has 2 amide bonds. The van der Waals surface area contributed by atoms with Crippen LogP contribution in [0.15, 0.2) is 72.8 Å². The number of carbonyl (C=O) groups is 2. The molecular weight excluding hydrogens is 499 g/mol. The third-order valence-electron chi connectivity index (χ3n) is 5.46. The molecule has 0 saturated heterocycles. The highest BCUT2D eigenvalue weighted by molar-refractivity contribution is 6.42. The van der Waals surface area contributed by atoms with Crippen molar-refractivity contribution in [3.8, 4) is 11.5 Å². The number of amides is 2. The molecule has 3 aromatic carbocycles. The third kappa shape index (κ3) is 7.90. The van der Waals surface area contributed by atoms with Gasteiger partial charge in [-0.05, 0) is 61.4 Å². The minimum Gasteiger partial charge on any atom is -0.497 e. The van der Waals surface area contributed by atoms with Gasteiger partial charge in [0.05, 0.1) is 17.2 Å². The molecule has 0 aliphatic carbocycles. The molecule has 36 heavy (non-hydrogen) atoms. The maximum atomic E-state index is 13.6. The minimum absolute atomic E-state index is 0.0896. The molecule has 0 bridgehead atoms. The number of rotatable bonds is 11. The predicted molar refractivity (Wildman–Crippen MR) is 143 cm³/mol. The van der Waals surface area contributed by atoms with E-state index in [0.717, 1.165) is 11.1 Å². The van der Waals surface area contributed by atoms with Crippen LogP contribution in [0.3, 0.4) is 0 Å². The second-order valence-corrected chi connectivity index (χ2v) is 9.42. The van der Waals surface area contributed by atoms with Crippen LogP contribution in [-0.2, 0) is 22.6 Å². The first-order valence-corrected chi connectivity index (χ1v) is 12.4. The van der Waals surface area contributed by atoms with Crippen LogP contribution >= 0.6 is 23.2 Å². The topological polar surface area (TPSA) is 67.9 Å². The largest absolute Gasteiger partial charge is 0.497 e. The van der Waals surface area contributed by atoms with Crippen LogP contribution in [0.4, 0.5) is 0 Å². The van der Waals surface area contributed by atoms with Gasteiger partial charge in [0, 0.05) is 19.0 Å². The number of benzene rings is 3. The van der Waals surface area contributed by atoms with Crippen LogP contribution in [0.2, 0.25) is 10.0 Å². The van der Waals surface area contributed by atoms with Crippen molar-refractivity contribution in [1.82, 2.24) is 10.2 Å². The molecule has 0 aromatic heterocycles. The van der Waals surface area contributed by atoms with Crippen LogP contribution in [0.1, 0.15) is 25.0 Å². The Bertz CT molecular complexity index is 1150. The fourth-order valence-corrected chi connectivity index (χ4v) is 3.99. The Morgan fingerprint density at radius 3 is 2.17 bits per heavy atom. The molecule has 0 spiro atoms. The SMILES string of the molecule is COc1ccc(OCC(=O)N(Cc2ccc(Cl)c(Cl)c2)[C@H](Cc2ccccc2)C(=O)NC(C)C)cc1. The van der Waals surface area contributed by atoms with E-state index in [2.05, 4.69) is 5.32 Å². The van der Waals surface area contributed by atoms with Gasteiger partial charge in [-0.2, -0.15) is 0 Å². The van der Waals surface area contributed by atoms with Crippen LogP contribution in [0.5, 0.6) is 11.5 Å². The van der Waals surface area contributed by atoms with Gasteiger partial charge in [0.2, 0.25) is 5.91 Å². The highest BCUT2D eigenvalue weighted by Gasteiger charge is 2.31. The predicted octanol–water partition coefficient (Wildman–Crippen LogP) is 5.55. The Morgan fingerprint density at radius 1 is 0.889 bits per heavy atom. The van der Waals surface area contributed by atoms with Crippen LogP contribution in [0.25, 0.3) is 0 Å². The van der Waals surface area contributed by atoms with E-state index >= 15 is 0 Å². The highest BCUT2D eigenvalue weighted by atomic mass is 35.5. The fraction of sp³-hybridized carbons (Fsp3) is 0.286. The number of nitrogens with one attached hydrogen (secondary N) is 1. The number of ether oxygens (including phenoxy) is 2. The summed E-state index contributed by atoms with van der Waals surface area (Å²) in [6.07, 6.45) is 0.342. The molecule has 3 aromatic rings. The first-order chi connectivity index (χ1) is 17.3. The van der Waals surface area contributed by atoms with Crippen molar-refractivity contribution in [2.75, 3.05) is 13.7 Å². The van der Waals surface area contributed by atoms with Crippen LogP contribution in [-0.4, -0.2) is 42.5 Å². The molecule has 0 aliphatic heterocycles. The van der Waals surface area contributed by atoms with E-state index in [9.17, 15) is 9.59 Å². The molecule has 6 nitrogen and oxygen atoms in total. The average Bonchev–Trinajstić information content (AvgIpc) is 2.87. The Morgan fingerprint density at radius 2 is 1.56 bits per heavy atom. The number of methoxy groups -OCH3 is 1. The van der Waals surface area contributed by atoms with E-state index in [0.29, 0.717) is 28.0 Å². The molecule has 190 valence electrons. The highest BCUT2D eigenvalue weighted by Crippen LogP contribution is 2.25. The normalized spacial score (nSPS) is 11.6. The molecule has 3 rings (SSSR count). The van der Waals surface area contributed by atoms with Crippen molar-refractivity contribution in [3.63, 3.8) is 0 Å². The van der Waals surface area contributed by atoms with Gasteiger partial charge in [0.15, 0.2) is 6.61 Å². The lowest BCUT2D eigenvalue weighted by Gasteiger charge is -2.32. The molecule has 0 saturated carbocycles. The van der Waals surface area contributed by atoms with E-state index in [4.69, 9.17) is 32.7 Å². The average molecular weight is 529 g/mol. The number of hydrogen-bond acceptors (Lipinski definition) is 4. The Labute approximate surface area is 222 Å². The van der Waals surface area contributed by atoms with E-state index in [-0.39, 0.29) is 31.0 Å². The number of nitrogens with zero attached hydrogens (tertiary/aromatic N) is 1. The Kier molecular flexibility index (Phi) is 10.0. The summed E-state index contributed by atoms with van der Waals surface area (Å²) in [5.74, 6) is 0.622. The van der Waals surface area contributed by atoms with Crippen molar-refractivity contribution < 1.29 is 19.1 Å². The standard InChI is InChI=1S/C28H30Cl2N2O4/c1-19(2)31-28(34)26(16-20-7-5-4-6-8-20)32(17-21-9-14-24(29)25(30)15-21)27(33)18-36-23-12-10-22(35-3)11-13-23/h4-15,19,26H,16-18H2,1-3H3,(H,31,34)/t26-/m1/s1. The summed E-state index contributed by atoms with van der Waals surface area (Å²) in [4.78, 5) is 28.4. The maximum absolute atomic E-state index is 13.6. The number of hydrogen-bond donors (Lipinski definition) is 1. The van der Waals surface area contributed by atoms with E-state index in [1.807, 2.05) is 44.2 Å². The van der Waals surface area contributed by atoms with Crippen molar-refractivity contribution in [3.05, 3.63) is 94.0 Å². The lowest BCUT2D eigenvalue weighted by Crippen LogP contribution is -2.52. The van der Waals surface area contributed by atoms with Gasteiger partial charge in [-0.25, -0.2) is 0 Å². The monoisotopic (exact) mass is 528 g/mol. The Balaban J connectivity index is 1.90. The van der Waals surface area contributed by atoms with Gasteiger partial charge in [-0.3, -0.25) is 9.59 Å². The second kappa shape index (κ2) is 13.2. The fourth-order valence-electron chi connectivity index (χ4n) is 3.67. The molecule has 0 unspecified atom stereocenters. The number of carbonyl (C=O) groups excluding carboxylic acids is 2. The summed E-state index contributed by atoms with van der Waals surface area (Å²) < 4.78 is 10.9. The van der Waals surface area contributed by atoms with Gasteiger partial charge < -0.3 is 19.7 Å².